The van der Waals surface area contributed by atoms with Gasteiger partial charge < -0.3 is 9.64 Å². The van der Waals surface area contributed by atoms with Crippen molar-refractivity contribution in [1.29, 1.82) is 0 Å². The number of rotatable bonds is 4. The first-order valence-corrected chi connectivity index (χ1v) is 10.8. The number of morpholine rings is 1. The van der Waals surface area contributed by atoms with E-state index in [9.17, 15) is 13.2 Å². The molecular formula is C15H24N6O4S. The summed E-state index contributed by atoms with van der Waals surface area (Å²) in [4.78, 5) is 14.7. The van der Waals surface area contributed by atoms with Gasteiger partial charge in [-0.05, 0) is 36.1 Å². The number of aryl methyl sites for hydroxylation is 1. The zero-order valence-corrected chi connectivity index (χ0v) is 15.6. The number of piperidine rings is 1. The van der Waals surface area contributed by atoms with Gasteiger partial charge in [0.1, 0.15) is 6.33 Å². The lowest BCUT2D eigenvalue weighted by Crippen LogP contribution is -2.61. The summed E-state index contributed by atoms with van der Waals surface area (Å²) in [6.45, 7) is 1.68. The Morgan fingerprint density at radius 2 is 2.04 bits per heavy atom. The molecule has 3 saturated heterocycles. The molecule has 0 aliphatic carbocycles. The first kappa shape index (κ1) is 17.8. The summed E-state index contributed by atoms with van der Waals surface area (Å²) in [6, 6.07) is 0.240. The maximum absolute atomic E-state index is 12.7. The lowest BCUT2D eigenvalue weighted by molar-refractivity contribution is -0.155. The van der Waals surface area contributed by atoms with Gasteiger partial charge in [-0.3, -0.25) is 4.79 Å². The Morgan fingerprint density at radius 1 is 1.31 bits per heavy atom. The molecule has 26 heavy (non-hydrogen) atoms. The second-order valence-corrected chi connectivity index (χ2v) is 9.53. The number of carbonyl (C=O) groups excluding carboxylic acids is 1. The summed E-state index contributed by atoms with van der Waals surface area (Å²) >= 11 is 0. The number of tetrazole rings is 1. The van der Waals surface area contributed by atoms with Crippen LogP contribution < -0.4 is 0 Å². The Labute approximate surface area is 152 Å². The van der Waals surface area contributed by atoms with Crippen molar-refractivity contribution in [3.63, 3.8) is 0 Å². The van der Waals surface area contributed by atoms with Crippen LogP contribution >= 0.6 is 0 Å². The molecule has 0 N–H and O–H groups in total. The summed E-state index contributed by atoms with van der Waals surface area (Å²) in [5.74, 6) is 0.110. The van der Waals surface area contributed by atoms with E-state index < -0.39 is 15.6 Å². The standard InChI is InChI=1S/C15H24N6O4S/c1-26(23,24)20-6-7-25-15(10-20)8-12-2-3-13(9-15)21(12)14(22)4-5-19-11-16-17-18-19/h11-13H,2-10H2,1H3/t12-,13+,15?. The molecule has 4 heterocycles. The molecule has 1 aromatic rings. The van der Waals surface area contributed by atoms with E-state index in [0.717, 1.165) is 12.8 Å². The van der Waals surface area contributed by atoms with E-state index in [2.05, 4.69) is 15.5 Å². The third-order valence-corrected chi connectivity index (χ3v) is 7.00. The van der Waals surface area contributed by atoms with Crippen LogP contribution in [-0.4, -0.2) is 87.4 Å². The molecule has 0 radical (unpaired) electrons. The number of sulfonamides is 1. The van der Waals surface area contributed by atoms with E-state index in [0.29, 0.717) is 45.5 Å². The predicted molar refractivity (Wildman–Crippen MR) is 90.4 cm³/mol. The van der Waals surface area contributed by atoms with Crippen LogP contribution in [0.3, 0.4) is 0 Å². The second-order valence-electron chi connectivity index (χ2n) is 7.55. The minimum absolute atomic E-state index is 0.110. The van der Waals surface area contributed by atoms with Gasteiger partial charge in [0, 0.05) is 31.6 Å². The molecule has 11 heteroatoms. The summed E-state index contributed by atoms with van der Waals surface area (Å²) in [7, 11) is -3.23. The number of ether oxygens (including phenoxy) is 1. The van der Waals surface area contributed by atoms with Gasteiger partial charge in [0.15, 0.2) is 0 Å². The topological polar surface area (TPSA) is 111 Å². The molecule has 4 rings (SSSR count). The average Bonchev–Trinajstić information content (AvgIpc) is 3.19. The average molecular weight is 384 g/mol. The van der Waals surface area contributed by atoms with Gasteiger partial charge in [-0.25, -0.2) is 13.1 Å². The normalized spacial score (nSPS) is 32.3. The Morgan fingerprint density at radius 3 is 2.65 bits per heavy atom. The van der Waals surface area contributed by atoms with Crippen molar-refractivity contribution in [3.05, 3.63) is 6.33 Å². The smallest absolute Gasteiger partial charge is 0.224 e. The van der Waals surface area contributed by atoms with Gasteiger partial charge in [-0.15, -0.1) is 5.10 Å². The minimum atomic E-state index is -3.23. The monoisotopic (exact) mass is 384 g/mol. The summed E-state index contributed by atoms with van der Waals surface area (Å²) in [5, 5.41) is 10.9. The molecule has 3 aliphatic rings. The molecule has 0 saturated carbocycles. The number of aromatic nitrogens is 4. The number of hydrogen-bond donors (Lipinski definition) is 0. The van der Waals surface area contributed by atoms with Crippen molar-refractivity contribution in [2.24, 2.45) is 0 Å². The van der Waals surface area contributed by atoms with Gasteiger partial charge in [0.2, 0.25) is 15.9 Å². The van der Waals surface area contributed by atoms with Crippen molar-refractivity contribution in [1.82, 2.24) is 29.4 Å². The zero-order chi connectivity index (χ0) is 18.4. The van der Waals surface area contributed by atoms with Gasteiger partial charge >= 0.3 is 0 Å². The summed E-state index contributed by atoms with van der Waals surface area (Å²) < 4.78 is 33.1. The van der Waals surface area contributed by atoms with Crippen molar-refractivity contribution in [2.75, 3.05) is 26.0 Å². The van der Waals surface area contributed by atoms with E-state index in [1.54, 1.807) is 4.68 Å². The number of carbonyl (C=O) groups is 1. The van der Waals surface area contributed by atoms with Crippen LogP contribution in [0.25, 0.3) is 0 Å². The van der Waals surface area contributed by atoms with Gasteiger partial charge in [-0.1, -0.05) is 0 Å². The molecule has 3 fully saturated rings. The van der Waals surface area contributed by atoms with Crippen molar-refractivity contribution >= 4 is 15.9 Å². The molecular weight excluding hydrogens is 360 g/mol. The molecule has 144 valence electrons. The van der Waals surface area contributed by atoms with Crippen molar-refractivity contribution < 1.29 is 17.9 Å². The van der Waals surface area contributed by atoms with E-state index in [1.807, 2.05) is 4.90 Å². The molecule has 0 aromatic carbocycles. The first-order chi connectivity index (χ1) is 12.4. The molecule has 3 atom stereocenters. The highest BCUT2D eigenvalue weighted by Crippen LogP contribution is 2.44. The third kappa shape index (κ3) is 3.35. The fraction of sp³-hybridized carbons (Fsp3) is 0.867. The molecule has 1 amide bonds. The van der Waals surface area contributed by atoms with Gasteiger partial charge in [0.05, 0.1) is 25.0 Å². The van der Waals surface area contributed by atoms with Crippen LogP contribution in [-0.2, 0) is 26.1 Å². The van der Waals surface area contributed by atoms with E-state index in [-0.39, 0.29) is 18.0 Å². The Hall–Kier alpha value is -1.59. The SMILES string of the molecule is CS(=O)(=O)N1CCOC2(C[C@H]3CC[C@@H](C2)N3C(=O)CCn2cnnn2)C1. The molecule has 1 unspecified atom stereocenters. The highest BCUT2D eigenvalue weighted by atomic mass is 32.2. The second kappa shape index (κ2) is 6.54. The van der Waals surface area contributed by atoms with Crippen LogP contribution in [0.2, 0.25) is 0 Å². The quantitative estimate of drug-likeness (QED) is 0.671. The maximum Gasteiger partial charge on any atom is 0.224 e. The third-order valence-electron chi connectivity index (χ3n) is 5.75. The number of hydrogen-bond acceptors (Lipinski definition) is 7. The molecule has 2 bridgehead atoms. The van der Waals surface area contributed by atoms with E-state index >= 15 is 0 Å². The van der Waals surface area contributed by atoms with Crippen molar-refractivity contribution in [2.45, 2.75) is 56.3 Å². The molecule has 10 nitrogen and oxygen atoms in total. The zero-order valence-electron chi connectivity index (χ0n) is 14.8. The molecule has 1 aromatic heterocycles. The van der Waals surface area contributed by atoms with Crippen LogP contribution in [0.1, 0.15) is 32.1 Å². The fourth-order valence-corrected chi connectivity index (χ4v) is 5.55. The first-order valence-electron chi connectivity index (χ1n) is 8.97. The highest BCUT2D eigenvalue weighted by molar-refractivity contribution is 7.88. The lowest BCUT2D eigenvalue weighted by atomic mass is 9.84. The Balaban J connectivity index is 1.43. The Bertz CT molecular complexity index is 753. The van der Waals surface area contributed by atoms with Crippen LogP contribution in [0.4, 0.5) is 0 Å². The van der Waals surface area contributed by atoms with Gasteiger partial charge in [-0.2, -0.15) is 4.31 Å². The van der Waals surface area contributed by atoms with Crippen molar-refractivity contribution in [3.8, 4) is 0 Å². The summed E-state index contributed by atoms with van der Waals surface area (Å²) in [6.07, 6.45) is 6.41. The van der Waals surface area contributed by atoms with Crippen LogP contribution in [0, 0.1) is 0 Å². The van der Waals surface area contributed by atoms with Crippen LogP contribution in [0.15, 0.2) is 6.33 Å². The minimum Gasteiger partial charge on any atom is -0.372 e. The highest BCUT2D eigenvalue weighted by Gasteiger charge is 2.52. The Kier molecular flexibility index (Phi) is 4.48. The largest absolute Gasteiger partial charge is 0.372 e. The fourth-order valence-electron chi connectivity index (χ4n) is 4.67. The molecule has 1 spiro atoms. The van der Waals surface area contributed by atoms with Crippen LogP contribution in [0.5, 0.6) is 0 Å². The van der Waals surface area contributed by atoms with E-state index in [4.69, 9.17) is 4.74 Å². The maximum atomic E-state index is 12.7. The lowest BCUT2D eigenvalue weighted by Gasteiger charge is -2.50. The number of fused-ring (bicyclic) bond motifs is 2. The number of amides is 1. The molecule has 3 aliphatic heterocycles. The number of nitrogens with zero attached hydrogens (tertiary/aromatic N) is 6. The van der Waals surface area contributed by atoms with Gasteiger partial charge in [0.25, 0.3) is 0 Å². The van der Waals surface area contributed by atoms with E-state index in [1.165, 1.54) is 16.9 Å². The summed E-state index contributed by atoms with van der Waals surface area (Å²) in [5.41, 5.74) is -0.459. The predicted octanol–water partition coefficient (Wildman–Crippen LogP) is -0.753.